The molecule has 0 aliphatic carbocycles. The highest BCUT2D eigenvalue weighted by atomic mass is 32.2. The topological polar surface area (TPSA) is 77.3 Å². The third-order valence-electron chi connectivity index (χ3n) is 4.01. The molecule has 0 radical (unpaired) electrons. The summed E-state index contributed by atoms with van der Waals surface area (Å²) in [6, 6.07) is 7.93. The van der Waals surface area contributed by atoms with Gasteiger partial charge in [-0.3, -0.25) is 4.57 Å². The summed E-state index contributed by atoms with van der Waals surface area (Å²) < 4.78 is 70.0. The minimum absolute atomic E-state index is 0.0436. The van der Waals surface area contributed by atoms with E-state index in [9.17, 15) is 21.6 Å². The number of ether oxygens (including phenoxy) is 1. The number of anilines is 1. The van der Waals surface area contributed by atoms with Gasteiger partial charge >= 0.3 is 6.18 Å². The highest BCUT2D eigenvalue weighted by molar-refractivity contribution is 8.00. The Labute approximate surface area is 164 Å². The first-order valence-electron chi connectivity index (χ1n) is 8.49. The number of alkyl halides is 3. The van der Waals surface area contributed by atoms with Crippen LogP contribution in [0.1, 0.15) is 0 Å². The van der Waals surface area contributed by atoms with Crippen LogP contribution in [0.5, 0.6) is 0 Å². The summed E-state index contributed by atoms with van der Waals surface area (Å²) in [7, 11) is -3.52. The van der Waals surface area contributed by atoms with Gasteiger partial charge in [0.15, 0.2) is 15.0 Å². The van der Waals surface area contributed by atoms with Crippen LogP contribution in [0.25, 0.3) is 0 Å². The minimum atomic E-state index is -4.45. The second-order valence-electron chi connectivity index (χ2n) is 6.06. The third-order valence-corrected chi connectivity index (χ3v) is 6.97. The van der Waals surface area contributed by atoms with Crippen molar-refractivity contribution in [3.63, 3.8) is 0 Å². The number of halogens is 3. The second-order valence-corrected chi connectivity index (χ2v) is 9.23. The van der Waals surface area contributed by atoms with Crippen LogP contribution in [0, 0.1) is 0 Å². The predicted octanol–water partition coefficient (Wildman–Crippen LogP) is 2.24. The zero-order valence-corrected chi connectivity index (χ0v) is 16.4. The Hall–Kier alpha value is -1.79. The number of nitrogens with zero attached hydrogens (tertiary/aromatic N) is 4. The van der Waals surface area contributed by atoms with E-state index in [2.05, 4.69) is 10.2 Å². The van der Waals surface area contributed by atoms with Crippen molar-refractivity contribution in [3.8, 4) is 0 Å². The summed E-state index contributed by atoms with van der Waals surface area (Å²) in [4.78, 5) is 1.87. The minimum Gasteiger partial charge on any atom is -0.378 e. The van der Waals surface area contributed by atoms with Gasteiger partial charge in [0.05, 0.1) is 23.9 Å². The third kappa shape index (κ3) is 5.39. The Kier molecular flexibility index (Phi) is 6.50. The summed E-state index contributed by atoms with van der Waals surface area (Å²) >= 11 is 0.946. The van der Waals surface area contributed by atoms with Gasteiger partial charge in [-0.15, -0.1) is 10.2 Å². The van der Waals surface area contributed by atoms with Crippen LogP contribution in [-0.4, -0.2) is 67.2 Å². The molecule has 0 bridgehead atoms. The first-order chi connectivity index (χ1) is 13.3. The van der Waals surface area contributed by atoms with E-state index in [4.69, 9.17) is 4.74 Å². The van der Waals surface area contributed by atoms with Crippen molar-refractivity contribution in [2.45, 2.75) is 22.8 Å². The van der Waals surface area contributed by atoms with Crippen LogP contribution in [0.3, 0.4) is 0 Å². The highest BCUT2D eigenvalue weighted by Crippen LogP contribution is 2.28. The molecule has 0 amide bonds. The van der Waals surface area contributed by atoms with E-state index in [1.807, 2.05) is 0 Å². The molecule has 0 spiro atoms. The number of rotatable bonds is 7. The van der Waals surface area contributed by atoms with E-state index < -0.39 is 22.6 Å². The van der Waals surface area contributed by atoms with Crippen LogP contribution in [-0.2, 0) is 21.1 Å². The first-order valence-corrected chi connectivity index (χ1v) is 11.1. The van der Waals surface area contributed by atoms with E-state index in [1.54, 1.807) is 23.1 Å². The maximum absolute atomic E-state index is 13.1. The normalized spacial score (nSPS) is 15.8. The summed E-state index contributed by atoms with van der Waals surface area (Å²) in [6.45, 7) is 0.403. The van der Waals surface area contributed by atoms with E-state index in [1.165, 1.54) is 12.1 Å². The van der Waals surface area contributed by atoms with Crippen LogP contribution in [0.15, 0.2) is 40.4 Å². The van der Waals surface area contributed by atoms with Crippen molar-refractivity contribution in [3.05, 3.63) is 30.3 Å². The molecule has 2 heterocycles. The van der Waals surface area contributed by atoms with Gasteiger partial charge in [-0.2, -0.15) is 13.2 Å². The fraction of sp³-hybridized carbons (Fsp3) is 0.500. The Morgan fingerprint density at radius 2 is 1.79 bits per heavy atom. The maximum Gasteiger partial charge on any atom is 0.406 e. The Morgan fingerprint density at radius 1 is 1.11 bits per heavy atom. The van der Waals surface area contributed by atoms with Gasteiger partial charge in [-0.05, 0) is 12.1 Å². The Balaban J connectivity index is 1.73. The molecule has 1 saturated heterocycles. The van der Waals surface area contributed by atoms with Crippen molar-refractivity contribution < 1.29 is 26.3 Å². The molecule has 0 unspecified atom stereocenters. The molecule has 12 heteroatoms. The zero-order valence-electron chi connectivity index (χ0n) is 14.8. The quantitative estimate of drug-likeness (QED) is 0.616. The molecule has 7 nitrogen and oxygen atoms in total. The lowest BCUT2D eigenvalue weighted by atomic mass is 10.4. The highest BCUT2D eigenvalue weighted by Gasteiger charge is 2.33. The molecule has 2 aromatic rings. The fourth-order valence-corrected chi connectivity index (χ4v) is 5.29. The lowest BCUT2D eigenvalue weighted by Crippen LogP contribution is -2.38. The molecule has 1 aliphatic heterocycles. The van der Waals surface area contributed by atoms with Crippen molar-refractivity contribution in [2.75, 3.05) is 42.7 Å². The molecule has 0 N–H and O–H groups in total. The Morgan fingerprint density at radius 3 is 2.43 bits per heavy atom. The number of hydrogen-bond donors (Lipinski definition) is 0. The van der Waals surface area contributed by atoms with Gasteiger partial charge < -0.3 is 9.64 Å². The molecular formula is C16H19F3N4O3S2. The average Bonchev–Trinajstić information content (AvgIpc) is 3.04. The SMILES string of the molecule is O=S(=O)(CCSc1nnc(N2CCOCC2)n1CC(F)(F)F)c1ccccc1. The summed E-state index contributed by atoms with van der Waals surface area (Å²) in [5.74, 6) is -0.0296. The van der Waals surface area contributed by atoms with E-state index >= 15 is 0 Å². The lowest BCUT2D eigenvalue weighted by Gasteiger charge is -2.28. The van der Waals surface area contributed by atoms with Gasteiger partial charge in [-0.25, -0.2) is 8.42 Å². The van der Waals surface area contributed by atoms with Crippen molar-refractivity contribution >= 4 is 27.5 Å². The molecule has 0 atom stereocenters. The summed E-state index contributed by atoms with van der Waals surface area (Å²) in [5.41, 5.74) is 0. The largest absolute Gasteiger partial charge is 0.406 e. The molecule has 1 fully saturated rings. The van der Waals surface area contributed by atoms with Crippen LogP contribution >= 0.6 is 11.8 Å². The standard InChI is InChI=1S/C16H19F3N4O3S2/c17-16(18,19)12-23-14(22-6-8-26-9-7-22)20-21-15(23)27-10-11-28(24,25)13-4-2-1-3-5-13/h1-5H,6-12H2. The number of thioether (sulfide) groups is 1. The van der Waals surface area contributed by atoms with Crippen LogP contribution < -0.4 is 4.90 Å². The number of sulfone groups is 1. The summed E-state index contributed by atoms with van der Waals surface area (Å²) in [5, 5.41) is 7.82. The Bertz CT molecular complexity index is 882. The van der Waals surface area contributed by atoms with E-state index in [0.717, 1.165) is 16.3 Å². The molecule has 1 aromatic heterocycles. The smallest absolute Gasteiger partial charge is 0.378 e. The van der Waals surface area contributed by atoms with E-state index in [-0.39, 0.29) is 27.5 Å². The van der Waals surface area contributed by atoms with E-state index in [0.29, 0.717) is 26.3 Å². The van der Waals surface area contributed by atoms with Crippen molar-refractivity contribution in [1.82, 2.24) is 14.8 Å². The monoisotopic (exact) mass is 436 g/mol. The maximum atomic E-state index is 13.1. The number of aromatic nitrogens is 3. The first kappa shape index (κ1) is 20.9. The van der Waals surface area contributed by atoms with Gasteiger partial charge in [0.2, 0.25) is 5.95 Å². The van der Waals surface area contributed by atoms with Crippen molar-refractivity contribution in [2.24, 2.45) is 0 Å². The van der Waals surface area contributed by atoms with Crippen molar-refractivity contribution in [1.29, 1.82) is 0 Å². The van der Waals surface area contributed by atoms with Gasteiger partial charge in [0, 0.05) is 18.8 Å². The molecule has 1 aliphatic rings. The average molecular weight is 436 g/mol. The van der Waals surface area contributed by atoms with Crippen LogP contribution in [0.2, 0.25) is 0 Å². The molecule has 154 valence electrons. The predicted molar refractivity (Wildman–Crippen MR) is 98.3 cm³/mol. The molecule has 28 heavy (non-hydrogen) atoms. The van der Waals surface area contributed by atoms with Gasteiger partial charge in [-0.1, -0.05) is 30.0 Å². The number of hydrogen-bond acceptors (Lipinski definition) is 7. The molecule has 0 saturated carbocycles. The van der Waals surface area contributed by atoms with Crippen LogP contribution in [0.4, 0.5) is 19.1 Å². The second kappa shape index (κ2) is 8.70. The number of morpholine rings is 1. The molecular weight excluding hydrogens is 417 g/mol. The van der Waals surface area contributed by atoms with Gasteiger partial charge in [0.25, 0.3) is 0 Å². The number of benzene rings is 1. The fourth-order valence-electron chi connectivity index (χ4n) is 2.69. The zero-order chi connectivity index (χ0) is 20.2. The summed E-state index contributed by atoms with van der Waals surface area (Å²) in [6.07, 6.45) is -4.45. The molecule has 3 rings (SSSR count). The van der Waals surface area contributed by atoms with Gasteiger partial charge in [0.1, 0.15) is 6.54 Å². The lowest BCUT2D eigenvalue weighted by molar-refractivity contribution is -0.141. The molecule has 1 aromatic carbocycles.